The Bertz CT molecular complexity index is 942. The zero-order valence-corrected chi connectivity index (χ0v) is 19.1. The Hall–Kier alpha value is -1.43. The van der Waals surface area contributed by atoms with Crippen molar-refractivity contribution in [2.75, 3.05) is 25.3 Å². The van der Waals surface area contributed by atoms with Crippen LogP contribution in [0.4, 0.5) is 32.0 Å². The van der Waals surface area contributed by atoms with E-state index < -0.39 is 62.0 Å². The summed E-state index contributed by atoms with van der Waals surface area (Å²) in [6.45, 7) is 0.607. The number of anilines is 1. The highest BCUT2D eigenvalue weighted by molar-refractivity contribution is 8.01. The lowest BCUT2D eigenvalue weighted by Gasteiger charge is -2.42. The number of thioether (sulfide) groups is 1. The highest BCUT2D eigenvalue weighted by Crippen LogP contribution is 2.50. The van der Waals surface area contributed by atoms with Gasteiger partial charge in [0.05, 0.1) is 34.5 Å². The number of hydrogen-bond donors (Lipinski definition) is 1. The summed E-state index contributed by atoms with van der Waals surface area (Å²) in [5.74, 6) is 0. The molecule has 1 aromatic carbocycles. The first-order valence-electron chi connectivity index (χ1n) is 9.34. The van der Waals surface area contributed by atoms with Crippen LogP contribution in [0.3, 0.4) is 0 Å². The molecule has 2 heterocycles. The van der Waals surface area contributed by atoms with Gasteiger partial charge < -0.3 is 9.47 Å². The molecular formula is C18H16Cl2F6N4O2S. The molecule has 0 radical (unpaired) electrons. The van der Waals surface area contributed by atoms with Gasteiger partial charge in [0, 0.05) is 6.42 Å². The third-order valence-corrected chi connectivity index (χ3v) is 6.77. The summed E-state index contributed by atoms with van der Waals surface area (Å²) in [6, 6.07) is 2.84. The van der Waals surface area contributed by atoms with Crippen LogP contribution in [0.2, 0.25) is 10.0 Å². The highest BCUT2D eigenvalue weighted by Gasteiger charge is 2.56. The minimum Gasteiger partial charge on any atom is -0.350 e. The lowest BCUT2D eigenvalue weighted by molar-refractivity contribution is -0.137. The third kappa shape index (κ3) is 5.47. The van der Waals surface area contributed by atoms with Crippen LogP contribution >= 0.6 is 35.0 Å². The summed E-state index contributed by atoms with van der Waals surface area (Å²) >= 11 is 11.8. The molecule has 3 rings (SSSR count). The molecule has 33 heavy (non-hydrogen) atoms. The van der Waals surface area contributed by atoms with Crippen LogP contribution in [-0.2, 0) is 15.7 Å². The van der Waals surface area contributed by atoms with E-state index in [1.807, 2.05) is 0 Å². The summed E-state index contributed by atoms with van der Waals surface area (Å²) in [7, 11) is 1.34. The van der Waals surface area contributed by atoms with E-state index in [2.05, 4.69) is 10.4 Å². The van der Waals surface area contributed by atoms with Gasteiger partial charge in [0.15, 0.2) is 12.0 Å². The molecule has 1 N–H and O–H groups in total. The van der Waals surface area contributed by atoms with Crippen LogP contribution < -0.4 is 10.3 Å². The molecular weight excluding hydrogens is 521 g/mol. The molecule has 0 aliphatic carbocycles. The van der Waals surface area contributed by atoms with E-state index >= 15 is 0 Å². The summed E-state index contributed by atoms with van der Waals surface area (Å²) in [5.41, 5.74) is -8.42. The maximum atomic E-state index is 13.4. The van der Waals surface area contributed by atoms with E-state index in [4.69, 9.17) is 32.7 Å². The van der Waals surface area contributed by atoms with Crippen LogP contribution in [0.25, 0.3) is 0 Å². The van der Waals surface area contributed by atoms with Crippen LogP contribution in [-0.4, -0.2) is 48.7 Å². The fraction of sp³-hybridized carbons (Fsp3) is 0.556. The van der Waals surface area contributed by atoms with Gasteiger partial charge in [0.25, 0.3) is 0 Å². The van der Waals surface area contributed by atoms with Gasteiger partial charge in [0.1, 0.15) is 17.0 Å². The van der Waals surface area contributed by atoms with Crippen molar-refractivity contribution in [2.24, 2.45) is 5.10 Å². The molecule has 2 unspecified atom stereocenters. The standard InChI is InChI=1S/C18H16Cl2F6N4O2S/c1-28-16(3-2-13-31-4-5-32-13)15(33-18(24,25)26)12(8-27)29-30(16)14-10(19)6-9(7-11(14)20)17(21,22)23/h6-7,13,15,28H,2-5H2,1H3. The molecule has 2 aliphatic rings. The second kappa shape index (κ2) is 9.67. The molecule has 182 valence electrons. The lowest BCUT2D eigenvalue weighted by atomic mass is 9.96. The maximum Gasteiger partial charge on any atom is 0.442 e. The van der Waals surface area contributed by atoms with Crippen molar-refractivity contribution in [2.45, 2.75) is 41.7 Å². The first-order chi connectivity index (χ1) is 15.3. The number of halogens is 8. The Morgan fingerprint density at radius 3 is 2.24 bits per heavy atom. The van der Waals surface area contributed by atoms with E-state index in [0.29, 0.717) is 25.3 Å². The van der Waals surface area contributed by atoms with Crippen molar-refractivity contribution in [1.29, 1.82) is 5.26 Å². The largest absolute Gasteiger partial charge is 0.442 e. The summed E-state index contributed by atoms with van der Waals surface area (Å²) in [4.78, 5) is 0. The van der Waals surface area contributed by atoms with Crippen molar-refractivity contribution >= 4 is 46.4 Å². The van der Waals surface area contributed by atoms with Crippen molar-refractivity contribution in [3.63, 3.8) is 0 Å². The summed E-state index contributed by atoms with van der Waals surface area (Å²) in [6.07, 6.45) is -5.48. The van der Waals surface area contributed by atoms with Gasteiger partial charge in [-0.05, 0) is 37.4 Å². The Labute approximate surface area is 198 Å². The zero-order valence-electron chi connectivity index (χ0n) is 16.7. The Morgan fingerprint density at radius 1 is 1.21 bits per heavy atom. The molecule has 2 atom stereocenters. The molecule has 6 nitrogen and oxygen atoms in total. The SMILES string of the molecule is CNC1(CCC2OCCO2)C(SC(F)(F)F)C(C#N)=NN1c1c(Cl)cc(C(F)(F)F)cc1Cl. The molecule has 1 saturated heterocycles. The number of nitrogens with zero attached hydrogens (tertiary/aromatic N) is 3. The Balaban J connectivity index is 2.12. The van der Waals surface area contributed by atoms with Gasteiger partial charge in [-0.1, -0.05) is 23.2 Å². The smallest absolute Gasteiger partial charge is 0.350 e. The number of nitrogens with one attached hydrogen (secondary N) is 1. The van der Waals surface area contributed by atoms with Crippen LogP contribution in [0, 0.1) is 11.3 Å². The zero-order chi connectivity index (χ0) is 24.6. The Kier molecular flexibility index (Phi) is 7.67. The monoisotopic (exact) mass is 536 g/mol. The van der Waals surface area contributed by atoms with E-state index in [1.165, 1.54) is 7.05 Å². The number of hydrazone groups is 1. The molecule has 15 heteroatoms. The topological polar surface area (TPSA) is 69.9 Å². The fourth-order valence-electron chi connectivity index (χ4n) is 3.65. The van der Waals surface area contributed by atoms with E-state index in [0.717, 1.165) is 5.01 Å². The van der Waals surface area contributed by atoms with Crippen LogP contribution in [0.15, 0.2) is 17.2 Å². The van der Waals surface area contributed by atoms with Crippen LogP contribution in [0.5, 0.6) is 0 Å². The van der Waals surface area contributed by atoms with Gasteiger partial charge in [-0.25, -0.2) is 5.01 Å². The highest BCUT2D eigenvalue weighted by atomic mass is 35.5. The lowest BCUT2D eigenvalue weighted by Crippen LogP contribution is -2.61. The van der Waals surface area contributed by atoms with Crippen molar-refractivity contribution < 1.29 is 35.8 Å². The van der Waals surface area contributed by atoms with Gasteiger partial charge in [-0.15, -0.1) is 0 Å². The predicted molar refractivity (Wildman–Crippen MR) is 111 cm³/mol. The number of nitriles is 1. The first-order valence-corrected chi connectivity index (χ1v) is 11.0. The molecule has 0 saturated carbocycles. The average Bonchev–Trinajstić information content (AvgIpc) is 3.31. The minimum atomic E-state index is -4.76. The van der Waals surface area contributed by atoms with Gasteiger partial charge in [-0.3, -0.25) is 5.32 Å². The van der Waals surface area contributed by atoms with E-state index in [9.17, 15) is 31.6 Å². The maximum absolute atomic E-state index is 13.4. The van der Waals surface area contributed by atoms with Crippen molar-refractivity contribution in [1.82, 2.24) is 5.32 Å². The first kappa shape index (κ1) is 26.2. The van der Waals surface area contributed by atoms with Gasteiger partial charge in [-0.2, -0.15) is 36.7 Å². The number of alkyl halides is 6. The molecule has 0 amide bonds. The predicted octanol–water partition coefficient (Wildman–Crippen LogP) is 5.40. The second-order valence-electron chi connectivity index (χ2n) is 7.02. The molecule has 2 aliphatic heterocycles. The van der Waals surface area contributed by atoms with Crippen LogP contribution in [0.1, 0.15) is 18.4 Å². The minimum absolute atomic E-state index is 0.0936. The summed E-state index contributed by atoms with van der Waals surface area (Å²) < 4.78 is 90.5. The molecule has 1 fully saturated rings. The van der Waals surface area contributed by atoms with Crippen molar-refractivity contribution in [3.8, 4) is 6.07 Å². The Morgan fingerprint density at radius 2 is 1.79 bits per heavy atom. The molecule has 0 bridgehead atoms. The normalized spacial score (nSPS) is 24.3. The van der Waals surface area contributed by atoms with E-state index in [1.54, 1.807) is 6.07 Å². The average molecular weight is 537 g/mol. The van der Waals surface area contributed by atoms with Crippen molar-refractivity contribution in [3.05, 3.63) is 27.7 Å². The van der Waals surface area contributed by atoms with E-state index in [-0.39, 0.29) is 18.5 Å². The summed E-state index contributed by atoms with van der Waals surface area (Å²) in [5, 5.41) is 14.7. The number of ether oxygens (including phenoxy) is 2. The molecule has 0 spiro atoms. The van der Waals surface area contributed by atoms with Gasteiger partial charge >= 0.3 is 11.7 Å². The second-order valence-corrected chi connectivity index (χ2v) is 9.01. The fourth-order valence-corrected chi connectivity index (χ4v) is 5.30. The number of benzene rings is 1. The molecule has 0 aromatic heterocycles. The van der Waals surface area contributed by atoms with Gasteiger partial charge in [0.2, 0.25) is 0 Å². The molecule has 1 aromatic rings. The number of rotatable bonds is 6. The third-order valence-electron chi connectivity index (χ3n) is 5.07. The number of hydrogen-bond acceptors (Lipinski definition) is 7. The quantitative estimate of drug-likeness (QED) is 0.491.